The summed E-state index contributed by atoms with van der Waals surface area (Å²) in [7, 11) is 0. The third-order valence-electron chi connectivity index (χ3n) is 6.99. The summed E-state index contributed by atoms with van der Waals surface area (Å²) in [6.07, 6.45) is 12.2. The van der Waals surface area contributed by atoms with Crippen LogP contribution in [0.3, 0.4) is 0 Å². The molecule has 0 aliphatic heterocycles. The number of unbranched alkanes of at least 4 members (excludes halogenated alkanes) is 9. The minimum Gasteiger partial charge on any atom is -0.274 e. The molecule has 5 heterocycles. The summed E-state index contributed by atoms with van der Waals surface area (Å²) < 4.78 is 5.47. The van der Waals surface area contributed by atoms with E-state index in [-0.39, 0.29) is 11.1 Å². The minimum absolute atomic E-state index is 0.159. The monoisotopic (exact) mass is 723 g/mol. The predicted octanol–water partition coefficient (Wildman–Crippen LogP) is 11.5. The molecule has 0 spiro atoms. The molecular formula is C30H31Br2NO2S4. The average Bonchev–Trinajstić information content (AvgIpc) is 3.71. The van der Waals surface area contributed by atoms with Crippen molar-refractivity contribution in [3.63, 3.8) is 0 Å². The molecule has 0 aliphatic rings. The largest absolute Gasteiger partial charge is 0.274 e. The Bertz CT molecular complexity index is 1580. The van der Waals surface area contributed by atoms with Crippen LogP contribution in [0.1, 0.15) is 71.1 Å². The highest BCUT2D eigenvalue weighted by Crippen LogP contribution is 2.44. The summed E-state index contributed by atoms with van der Waals surface area (Å²) in [6.45, 7) is 2.72. The van der Waals surface area contributed by atoms with Crippen LogP contribution in [0.15, 0.2) is 53.6 Å². The molecule has 0 bridgehead atoms. The average molecular weight is 726 g/mol. The highest BCUT2D eigenvalue weighted by atomic mass is 79.9. The summed E-state index contributed by atoms with van der Waals surface area (Å²) in [6, 6.07) is 12.2. The molecule has 0 unspecified atom stereocenters. The maximum absolute atomic E-state index is 13.8. The number of thiophene rings is 4. The van der Waals surface area contributed by atoms with Crippen molar-refractivity contribution in [2.24, 2.45) is 0 Å². The van der Waals surface area contributed by atoms with Crippen LogP contribution < -0.4 is 11.1 Å². The summed E-state index contributed by atoms with van der Waals surface area (Å²) in [5.41, 5.74) is -0.319. The number of rotatable bonds is 13. The summed E-state index contributed by atoms with van der Waals surface area (Å²) in [5.74, 6) is 0. The SMILES string of the molecule is CCCCCCCCCCCCn1c(=O)c2cc(-c3ccc(Br)s3)sc2c2sc(-c3ccc(Br)s3)cc2c1=O. The van der Waals surface area contributed by atoms with Crippen molar-refractivity contribution >= 4 is 97.4 Å². The van der Waals surface area contributed by atoms with Gasteiger partial charge >= 0.3 is 0 Å². The smallest absolute Gasteiger partial charge is 0.262 e. The lowest BCUT2D eigenvalue weighted by molar-refractivity contribution is 0.528. The molecule has 5 aromatic rings. The van der Waals surface area contributed by atoms with Crippen molar-refractivity contribution in [3.05, 3.63) is 64.7 Å². The number of hydrogen-bond donors (Lipinski definition) is 0. The second-order valence-electron chi connectivity index (χ2n) is 9.86. The Kier molecular flexibility index (Phi) is 10.3. The van der Waals surface area contributed by atoms with Crippen molar-refractivity contribution in [3.8, 4) is 19.5 Å². The highest BCUT2D eigenvalue weighted by Gasteiger charge is 2.19. The van der Waals surface area contributed by atoms with E-state index in [2.05, 4.69) is 50.9 Å². The van der Waals surface area contributed by atoms with E-state index in [1.165, 1.54) is 49.5 Å². The van der Waals surface area contributed by atoms with Gasteiger partial charge in [0.2, 0.25) is 0 Å². The van der Waals surface area contributed by atoms with Gasteiger partial charge in [0.15, 0.2) is 0 Å². The third kappa shape index (κ3) is 6.87. The molecular weight excluding hydrogens is 694 g/mol. The van der Waals surface area contributed by atoms with Crippen LogP contribution in [0.2, 0.25) is 0 Å². The number of aromatic nitrogens is 1. The molecule has 0 radical (unpaired) electrons. The van der Waals surface area contributed by atoms with Crippen LogP contribution in [-0.2, 0) is 6.54 Å². The molecule has 39 heavy (non-hydrogen) atoms. The van der Waals surface area contributed by atoms with Crippen LogP contribution in [-0.4, -0.2) is 4.57 Å². The summed E-state index contributed by atoms with van der Waals surface area (Å²) in [4.78, 5) is 32.0. The molecule has 0 saturated carbocycles. The molecule has 0 N–H and O–H groups in total. The maximum atomic E-state index is 13.8. The zero-order valence-corrected chi connectivity index (χ0v) is 28.3. The predicted molar refractivity (Wildman–Crippen MR) is 182 cm³/mol. The van der Waals surface area contributed by atoms with Gasteiger partial charge in [-0.3, -0.25) is 14.2 Å². The standard InChI is InChI=1S/C30H31Br2NO2S4/c1-2-3-4-5-6-7-8-9-10-11-16-33-29(34)19-17-23(21-12-14-25(31)36-21)38-27(19)28-20(30(33)35)18-24(39-28)22-13-15-26(32)37-22/h12-15,17-18H,2-11,16H2,1H3. The Morgan fingerprint density at radius 3 is 1.44 bits per heavy atom. The lowest BCUT2D eigenvalue weighted by atomic mass is 10.1. The molecule has 206 valence electrons. The Balaban J connectivity index is 1.45. The van der Waals surface area contributed by atoms with Crippen molar-refractivity contribution in [1.29, 1.82) is 0 Å². The zero-order valence-electron chi connectivity index (χ0n) is 21.9. The van der Waals surface area contributed by atoms with E-state index in [9.17, 15) is 9.59 Å². The van der Waals surface area contributed by atoms with Gasteiger partial charge in [0, 0.05) is 26.1 Å². The molecule has 0 atom stereocenters. The Morgan fingerprint density at radius 1 is 0.590 bits per heavy atom. The number of nitrogens with zero attached hydrogens (tertiary/aromatic N) is 1. The molecule has 5 aromatic heterocycles. The van der Waals surface area contributed by atoms with Crippen molar-refractivity contribution in [1.82, 2.24) is 4.57 Å². The quantitative estimate of drug-likeness (QED) is 0.113. The van der Waals surface area contributed by atoms with E-state index in [0.29, 0.717) is 17.3 Å². The van der Waals surface area contributed by atoms with Gasteiger partial charge in [-0.25, -0.2) is 0 Å². The van der Waals surface area contributed by atoms with E-state index < -0.39 is 0 Å². The molecule has 9 heteroatoms. The second-order valence-corrected chi connectivity index (χ2v) is 16.9. The van der Waals surface area contributed by atoms with Gasteiger partial charge in [-0.1, -0.05) is 64.7 Å². The van der Waals surface area contributed by atoms with Gasteiger partial charge in [0.05, 0.1) is 27.7 Å². The van der Waals surface area contributed by atoms with Gasteiger partial charge in [-0.15, -0.1) is 45.3 Å². The lowest BCUT2D eigenvalue weighted by Gasteiger charge is -2.04. The van der Waals surface area contributed by atoms with Gasteiger partial charge in [-0.05, 0) is 74.7 Å². The number of halogens is 2. The van der Waals surface area contributed by atoms with Crippen molar-refractivity contribution in [2.45, 2.75) is 77.7 Å². The molecule has 0 amide bonds. The summed E-state index contributed by atoms with van der Waals surface area (Å²) >= 11 is 13.7. The molecule has 0 saturated heterocycles. The van der Waals surface area contributed by atoms with Crippen LogP contribution >= 0.6 is 77.2 Å². The first-order valence-electron chi connectivity index (χ1n) is 13.6. The van der Waals surface area contributed by atoms with Gasteiger partial charge in [-0.2, -0.15) is 0 Å². The van der Waals surface area contributed by atoms with Crippen LogP contribution in [0.4, 0.5) is 0 Å². The van der Waals surface area contributed by atoms with Crippen LogP contribution in [0.5, 0.6) is 0 Å². The van der Waals surface area contributed by atoms with Crippen molar-refractivity contribution in [2.75, 3.05) is 0 Å². The lowest BCUT2D eigenvalue weighted by Crippen LogP contribution is -2.30. The van der Waals surface area contributed by atoms with E-state index in [0.717, 1.165) is 55.7 Å². The molecule has 5 rings (SSSR count). The molecule has 0 aliphatic carbocycles. The Morgan fingerprint density at radius 2 is 1.03 bits per heavy atom. The first-order valence-corrected chi connectivity index (χ1v) is 18.5. The van der Waals surface area contributed by atoms with E-state index in [1.54, 1.807) is 45.3 Å². The van der Waals surface area contributed by atoms with E-state index in [4.69, 9.17) is 0 Å². The van der Waals surface area contributed by atoms with E-state index >= 15 is 0 Å². The Hall–Kier alpha value is -1.10. The fourth-order valence-corrected chi connectivity index (χ4v) is 10.3. The zero-order chi connectivity index (χ0) is 27.4. The maximum Gasteiger partial charge on any atom is 0.262 e. The van der Waals surface area contributed by atoms with Gasteiger partial charge in [0.1, 0.15) is 0 Å². The fourth-order valence-electron chi connectivity index (χ4n) is 4.92. The summed E-state index contributed by atoms with van der Waals surface area (Å²) in [5, 5.41) is 1.30. The van der Waals surface area contributed by atoms with Gasteiger partial charge in [0.25, 0.3) is 11.1 Å². The molecule has 0 aromatic carbocycles. The normalized spacial score (nSPS) is 11.8. The van der Waals surface area contributed by atoms with Crippen molar-refractivity contribution < 1.29 is 0 Å². The second kappa shape index (κ2) is 13.7. The fraction of sp³-hybridized carbons (Fsp3) is 0.400. The van der Waals surface area contributed by atoms with Crippen LogP contribution in [0, 0.1) is 0 Å². The van der Waals surface area contributed by atoms with Crippen LogP contribution in [0.25, 0.3) is 39.7 Å². The first kappa shape index (κ1) is 29.4. The number of fused-ring (bicyclic) bond motifs is 3. The van der Waals surface area contributed by atoms with E-state index in [1.807, 2.05) is 24.3 Å². The molecule has 3 nitrogen and oxygen atoms in total. The number of hydrogen-bond acceptors (Lipinski definition) is 6. The Labute approximate surface area is 261 Å². The van der Waals surface area contributed by atoms with Gasteiger partial charge < -0.3 is 0 Å². The highest BCUT2D eigenvalue weighted by molar-refractivity contribution is 9.11. The topological polar surface area (TPSA) is 39.1 Å². The molecule has 0 fully saturated rings. The first-order chi connectivity index (χ1) is 19.0. The third-order valence-corrected chi connectivity index (χ3v) is 13.1. The minimum atomic E-state index is -0.159.